The molecule has 5 rings (SSSR count). The molecule has 0 spiro atoms. The van der Waals surface area contributed by atoms with Crippen LogP contribution in [0.15, 0.2) is 48.7 Å². The van der Waals surface area contributed by atoms with Crippen LogP contribution in [0.5, 0.6) is 0 Å². The summed E-state index contributed by atoms with van der Waals surface area (Å²) in [7, 11) is 0. The van der Waals surface area contributed by atoms with Crippen molar-refractivity contribution in [1.29, 1.82) is 5.41 Å². The number of hydrogen-bond acceptors (Lipinski definition) is 9. The average Bonchev–Trinajstić information content (AvgIpc) is 3.50. The highest BCUT2D eigenvalue weighted by Gasteiger charge is 2.63. The molecule has 0 radical (unpaired) electrons. The number of carbonyl (C=O) groups excluding carboxylic acids is 3. The summed E-state index contributed by atoms with van der Waals surface area (Å²) >= 11 is 1.56. The van der Waals surface area contributed by atoms with E-state index in [2.05, 4.69) is 36.2 Å². The summed E-state index contributed by atoms with van der Waals surface area (Å²) in [6, 6.07) is 9.78. The lowest BCUT2D eigenvalue weighted by Gasteiger charge is -2.44. The highest BCUT2D eigenvalue weighted by molar-refractivity contribution is 8.01. The Kier molecular flexibility index (Phi) is 6.57. The van der Waals surface area contributed by atoms with E-state index in [1.54, 1.807) is 59.1 Å². The van der Waals surface area contributed by atoms with Crippen LogP contribution in [0, 0.1) is 5.41 Å². The Morgan fingerprint density at radius 3 is 2.71 bits per heavy atom. The van der Waals surface area contributed by atoms with Gasteiger partial charge in [0.15, 0.2) is 5.82 Å². The van der Waals surface area contributed by atoms with Crippen molar-refractivity contribution in [2.24, 2.45) is 5.73 Å². The molecule has 4 heterocycles. The van der Waals surface area contributed by atoms with E-state index in [0.717, 1.165) is 0 Å². The second-order valence-corrected chi connectivity index (χ2v) is 11.3. The molecule has 1 aromatic carbocycles. The van der Waals surface area contributed by atoms with Crippen LogP contribution in [0.1, 0.15) is 48.6 Å². The monoisotopic (exact) mass is 534 g/mol. The van der Waals surface area contributed by atoms with Crippen molar-refractivity contribution in [1.82, 2.24) is 41.1 Å². The number of rotatable bonds is 8. The molecule has 0 saturated carbocycles. The molecule has 2 aliphatic rings. The third-order valence-corrected chi connectivity index (χ3v) is 8.10. The highest BCUT2D eigenvalue weighted by Crippen LogP contribution is 2.56. The fourth-order valence-electron chi connectivity index (χ4n) is 4.77. The van der Waals surface area contributed by atoms with Gasteiger partial charge in [-0.2, -0.15) is 0 Å². The number of nitrogen functional groups attached to an aromatic ring is 1. The van der Waals surface area contributed by atoms with E-state index in [1.165, 1.54) is 6.20 Å². The molecule has 3 amide bonds. The Balaban J connectivity index is 1.31. The van der Waals surface area contributed by atoms with Crippen LogP contribution < -0.4 is 16.4 Å². The number of amidine groups is 1. The molecule has 38 heavy (non-hydrogen) atoms. The number of aromatic amines is 1. The number of nitrogens with two attached hydrogens (primary N) is 1. The number of aromatic nitrogens is 5. The fourth-order valence-corrected chi connectivity index (χ4v) is 6.41. The molecule has 2 aromatic heterocycles. The van der Waals surface area contributed by atoms with Crippen molar-refractivity contribution >= 4 is 35.3 Å². The fraction of sp³-hybridized carbons (Fsp3) is 0.333. The third kappa shape index (κ3) is 4.69. The molecule has 0 bridgehead atoms. The third-order valence-electron chi connectivity index (χ3n) is 6.53. The summed E-state index contributed by atoms with van der Waals surface area (Å²) in [5.74, 6) is -0.843. The SMILES string of the molecule is CC1(C)S[C@H]2C(NC(=O)C(NC(=O)Cc3cc(C(=N)N)ccn3)c3ccccc3)C(=O)N2C1c1nnn[nH]1. The molecular formula is C24H26N10O3S. The minimum absolute atomic E-state index is 0.118. The number of thioether (sulfide) groups is 1. The van der Waals surface area contributed by atoms with Gasteiger partial charge in [0.05, 0.1) is 12.1 Å². The van der Waals surface area contributed by atoms with Gasteiger partial charge in [-0.3, -0.25) is 24.8 Å². The normalized spacial score (nSPS) is 22.2. The summed E-state index contributed by atoms with van der Waals surface area (Å²) in [5.41, 5.74) is 6.96. The van der Waals surface area contributed by atoms with Gasteiger partial charge in [-0.05, 0) is 42.0 Å². The van der Waals surface area contributed by atoms with Gasteiger partial charge in [0.1, 0.15) is 29.3 Å². The molecule has 2 saturated heterocycles. The van der Waals surface area contributed by atoms with Crippen LogP contribution in [-0.4, -0.2) is 70.2 Å². The predicted octanol–water partition coefficient (Wildman–Crippen LogP) is 0.199. The van der Waals surface area contributed by atoms with E-state index in [-0.39, 0.29) is 29.6 Å². The maximum Gasteiger partial charge on any atom is 0.249 e. The number of nitrogens with zero attached hydrogens (tertiary/aromatic N) is 5. The van der Waals surface area contributed by atoms with Crippen molar-refractivity contribution in [2.45, 2.75) is 48.5 Å². The number of carbonyl (C=O) groups is 3. The lowest BCUT2D eigenvalue weighted by atomic mass is 9.95. The van der Waals surface area contributed by atoms with Crippen LogP contribution in [-0.2, 0) is 20.8 Å². The van der Waals surface area contributed by atoms with E-state index >= 15 is 0 Å². The van der Waals surface area contributed by atoms with Gasteiger partial charge < -0.3 is 21.3 Å². The molecule has 3 aromatic rings. The van der Waals surface area contributed by atoms with Crippen molar-refractivity contribution in [3.05, 3.63) is 71.3 Å². The minimum atomic E-state index is -1.03. The molecule has 2 fully saturated rings. The minimum Gasteiger partial charge on any atom is -0.384 e. The number of fused-ring (bicyclic) bond motifs is 1. The number of tetrazole rings is 1. The maximum absolute atomic E-state index is 13.5. The molecule has 13 nitrogen and oxygen atoms in total. The summed E-state index contributed by atoms with van der Waals surface area (Å²) in [6.45, 7) is 3.99. The number of pyridine rings is 1. The molecule has 0 aliphatic carbocycles. The Bertz CT molecular complexity index is 1380. The van der Waals surface area contributed by atoms with Crippen molar-refractivity contribution in [3.63, 3.8) is 0 Å². The molecule has 2 aliphatic heterocycles. The molecular weight excluding hydrogens is 508 g/mol. The first-order valence-corrected chi connectivity index (χ1v) is 12.7. The van der Waals surface area contributed by atoms with Gasteiger partial charge >= 0.3 is 0 Å². The van der Waals surface area contributed by atoms with Crippen LogP contribution in [0.25, 0.3) is 0 Å². The first kappa shape index (κ1) is 25.3. The quantitative estimate of drug-likeness (QED) is 0.152. The second kappa shape index (κ2) is 9.85. The first-order chi connectivity index (χ1) is 18.2. The highest BCUT2D eigenvalue weighted by atomic mass is 32.2. The summed E-state index contributed by atoms with van der Waals surface area (Å²) < 4.78 is -0.393. The predicted molar refractivity (Wildman–Crippen MR) is 137 cm³/mol. The Hall–Kier alpha value is -4.33. The van der Waals surface area contributed by atoms with Gasteiger partial charge in [-0.25, -0.2) is 5.10 Å². The standard InChI is InChI=1S/C24H26N10O3S/c1-24(2)18(20-30-32-33-31-20)34-22(37)17(23(34)38-24)29-21(36)16(12-6-4-3-5-7-12)28-15(35)11-14-10-13(19(25)26)8-9-27-14/h3-10,16-18,23H,11H2,1-2H3,(H3,25,26)(H,28,35)(H,29,36)(H,30,31,32,33)/t16?,17?,18?,23-/m0/s1. The van der Waals surface area contributed by atoms with Crippen LogP contribution in [0.4, 0.5) is 0 Å². The van der Waals surface area contributed by atoms with E-state index in [1.807, 2.05) is 13.8 Å². The lowest BCUT2D eigenvalue weighted by molar-refractivity contribution is -0.152. The van der Waals surface area contributed by atoms with E-state index in [4.69, 9.17) is 11.1 Å². The zero-order valence-electron chi connectivity index (χ0n) is 20.6. The Morgan fingerprint density at radius 2 is 2.03 bits per heavy atom. The van der Waals surface area contributed by atoms with Crippen LogP contribution >= 0.6 is 11.8 Å². The van der Waals surface area contributed by atoms with Crippen LogP contribution in [0.3, 0.4) is 0 Å². The summed E-state index contributed by atoms with van der Waals surface area (Å²) in [4.78, 5) is 45.4. The van der Waals surface area contributed by atoms with E-state index < -0.39 is 28.6 Å². The number of nitrogens with one attached hydrogen (secondary N) is 4. The van der Waals surface area contributed by atoms with E-state index in [0.29, 0.717) is 22.6 Å². The second-order valence-electron chi connectivity index (χ2n) is 9.57. The van der Waals surface area contributed by atoms with Crippen molar-refractivity contribution in [3.8, 4) is 0 Å². The number of H-pyrrole nitrogens is 1. The smallest absolute Gasteiger partial charge is 0.249 e. The zero-order chi connectivity index (χ0) is 27.0. The molecule has 14 heteroatoms. The molecule has 6 N–H and O–H groups in total. The van der Waals surface area contributed by atoms with Crippen molar-refractivity contribution < 1.29 is 14.4 Å². The number of benzene rings is 1. The average molecular weight is 535 g/mol. The first-order valence-electron chi connectivity index (χ1n) is 11.8. The molecule has 3 unspecified atom stereocenters. The molecule has 4 atom stereocenters. The lowest BCUT2D eigenvalue weighted by Crippen LogP contribution is -2.68. The van der Waals surface area contributed by atoms with Gasteiger partial charge in [0, 0.05) is 16.5 Å². The summed E-state index contributed by atoms with van der Waals surface area (Å²) in [6.07, 6.45) is 1.35. The van der Waals surface area contributed by atoms with Crippen LogP contribution in [0.2, 0.25) is 0 Å². The van der Waals surface area contributed by atoms with E-state index in [9.17, 15) is 14.4 Å². The zero-order valence-corrected chi connectivity index (χ0v) is 21.4. The maximum atomic E-state index is 13.5. The number of hydrogen-bond donors (Lipinski definition) is 5. The van der Waals surface area contributed by atoms with Gasteiger partial charge in [-0.15, -0.1) is 16.9 Å². The molecule has 196 valence electrons. The van der Waals surface area contributed by atoms with Gasteiger partial charge in [0.25, 0.3) is 0 Å². The topological polar surface area (TPSA) is 196 Å². The Morgan fingerprint density at radius 1 is 1.26 bits per heavy atom. The number of β-lactam (4-membered cyclic amide) rings is 1. The Labute approximate surface area is 221 Å². The number of amides is 3. The van der Waals surface area contributed by atoms with Gasteiger partial charge in [0.2, 0.25) is 17.7 Å². The largest absolute Gasteiger partial charge is 0.384 e. The van der Waals surface area contributed by atoms with Crippen molar-refractivity contribution in [2.75, 3.05) is 0 Å². The van der Waals surface area contributed by atoms with Gasteiger partial charge in [-0.1, -0.05) is 30.3 Å². The summed E-state index contributed by atoms with van der Waals surface area (Å²) in [5, 5.41) is 26.9.